The minimum Gasteiger partial charge on any atom is -0.388 e. The van der Waals surface area contributed by atoms with Gasteiger partial charge in [-0.3, -0.25) is 0 Å². The number of benzene rings is 2. The molecule has 20 heavy (non-hydrogen) atoms. The molecule has 0 aromatic heterocycles. The first kappa shape index (κ1) is 14.6. The van der Waals surface area contributed by atoms with Crippen LogP contribution in [0.3, 0.4) is 0 Å². The van der Waals surface area contributed by atoms with Gasteiger partial charge in [-0.2, -0.15) is 0 Å². The summed E-state index contributed by atoms with van der Waals surface area (Å²) >= 11 is 0. The molecule has 1 N–H and O–H groups in total. The molecule has 0 spiro atoms. The molecule has 0 radical (unpaired) electrons. The lowest BCUT2D eigenvalue weighted by atomic mass is 10.0. The third kappa shape index (κ3) is 3.20. The van der Waals surface area contributed by atoms with Gasteiger partial charge in [0.15, 0.2) is 0 Å². The molecule has 0 aliphatic rings. The Bertz CT molecular complexity index is 565. The van der Waals surface area contributed by atoms with Crippen LogP contribution in [0.4, 0.5) is 5.69 Å². The van der Waals surface area contributed by atoms with Crippen molar-refractivity contribution in [3.05, 3.63) is 65.2 Å². The molecule has 0 saturated heterocycles. The lowest BCUT2D eigenvalue weighted by Gasteiger charge is -2.25. The van der Waals surface area contributed by atoms with Crippen molar-refractivity contribution < 1.29 is 5.11 Å². The molecule has 106 valence electrons. The molecule has 0 bridgehead atoms. The molecule has 2 nitrogen and oxygen atoms in total. The zero-order valence-corrected chi connectivity index (χ0v) is 12.5. The fourth-order valence-electron chi connectivity index (χ4n) is 2.47. The minimum atomic E-state index is -0.398. The summed E-state index contributed by atoms with van der Waals surface area (Å²) < 4.78 is 0. The standard InChI is InChI=1S/C18H23NO/c1-4-18(20)16-11-7-8-12-17(16)19(3)13-15-10-6-5-9-14(15)2/h5-12,18,20H,4,13H2,1-3H3/t18-/m0/s1. The van der Waals surface area contributed by atoms with Crippen molar-refractivity contribution in [3.63, 3.8) is 0 Å². The van der Waals surface area contributed by atoms with Gasteiger partial charge in [0.1, 0.15) is 0 Å². The highest BCUT2D eigenvalue weighted by Gasteiger charge is 2.13. The third-order valence-electron chi connectivity index (χ3n) is 3.76. The zero-order valence-electron chi connectivity index (χ0n) is 12.5. The first-order valence-corrected chi connectivity index (χ1v) is 7.16. The lowest BCUT2D eigenvalue weighted by Crippen LogP contribution is -2.19. The van der Waals surface area contributed by atoms with Crippen molar-refractivity contribution in [3.8, 4) is 0 Å². The molecular formula is C18H23NO. The molecule has 0 fully saturated rings. The minimum absolute atomic E-state index is 0.398. The topological polar surface area (TPSA) is 23.5 Å². The van der Waals surface area contributed by atoms with Crippen LogP contribution in [-0.4, -0.2) is 12.2 Å². The van der Waals surface area contributed by atoms with Gasteiger partial charge in [-0.1, -0.05) is 49.4 Å². The Morgan fingerprint density at radius 3 is 2.40 bits per heavy atom. The summed E-state index contributed by atoms with van der Waals surface area (Å²) in [5.41, 5.74) is 4.72. The molecule has 0 amide bonds. The van der Waals surface area contributed by atoms with Crippen LogP contribution in [0.15, 0.2) is 48.5 Å². The van der Waals surface area contributed by atoms with E-state index in [1.165, 1.54) is 11.1 Å². The summed E-state index contributed by atoms with van der Waals surface area (Å²) in [7, 11) is 2.08. The van der Waals surface area contributed by atoms with E-state index in [0.717, 1.165) is 24.2 Å². The largest absolute Gasteiger partial charge is 0.388 e. The van der Waals surface area contributed by atoms with E-state index in [2.05, 4.69) is 49.2 Å². The van der Waals surface area contributed by atoms with Gasteiger partial charge in [0.2, 0.25) is 0 Å². The molecule has 0 unspecified atom stereocenters. The fraction of sp³-hybridized carbons (Fsp3) is 0.333. The molecule has 2 aromatic carbocycles. The van der Waals surface area contributed by atoms with Gasteiger partial charge in [-0.25, -0.2) is 0 Å². The SMILES string of the molecule is CC[C@H](O)c1ccccc1N(C)Cc1ccccc1C. The Morgan fingerprint density at radius 2 is 1.70 bits per heavy atom. The van der Waals surface area contributed by atoms with Crippen molar-refractivity contribution >= 4 is 5.69 Å². The highest BCUT2D eigenvalue weighted by Crippen LogP contribution is 2.28. The Kier molecular flexibility index (Phi) is 4.80. The van der Waals surface area contributed by atoms with E-state index in [0.29, 0.717) is 0 Å². The van der Waals surface area contributed by atoms with Gasteiger partial charge >= 0.3 is 0 Å². The Balaban J connectivity index is 2.26. The van der Waals surface area contributed by atoms with Crippen LogP contribution in [0.2, 0.25) is 0 Å². The van der Waals surface area contributed by atoms with Crippen molar-refractivity contribution in [1.82, 2.24) is 0 Å². The molecule has 2 rings (SSSR count). The van der Waals surface area contributed by atoms with Crippen LogP contribution in [0.1, 0.15) is 36.1 Å². The monoisotopic (exact) mass is 269 g/mol. The molecule has 0 saturated carbocycles. The Morgan fingerprint density at radius 1 is 1.05 bits per heavy atom. The predicted molar refractivity (Wildman–Crippen MR) is 85.0 cm³/mol. The van der Waals surface area contributed by atoms with Gasteiger partial charge in [0.25, 0.3) is 0 Å². The normalized spacial score (nSPS) is 12.2. The van der Waals surface area contributed by atoms with E-state index in [1.807, 2.05) is 25.1 Å². The van der Waals surface area contributed by atoms with Crippen LogP contribution >= 0.6 is 0 Å². The van der Waals surface area contributed by atoms with E-state index in [-0.39, 0.29) is 0 Å². The Hall–Kier alpha value is -1.80. The molecule has 0 aliphatic carbocycles. The number of para-hydroxylation sites is 1. The highest BCUT2D eigenvalue weighted by molar-refractivity contribution is 5.54. The summed E-state index contributed by atoms with van der Waals surface area (Å²) in [5.74, 6) is 0. The number of hydrogen-bond acceptors (Lipinski definition) is 2. The molecule has 0 aliphatic heterocycles. The molecule has 0 heterocycles. The summed E-state index contributed by atoms with van der Waals surface area (Å²) in [6.45, 7) is 4.98. The quantitative estimate of drug-likeness (QED) is 0.884. The van der Waals surface area contributed by atoms with Crippen molar-refractivity contribution in [2.45, 2.75) is 32.9 Å². The van der Waals surface area contributed by atoms with Crippen LogP contribution in [-0.2, 0) is 6.54 Å². The smallest absolute Gasteiger partial charge is 0.0807 e. The van der Waals surface area contributed by atoms with Gasteiger partial charge in [0.05, 0.1) is 6.10 Å². The maximum absolute atomic E-state index is 10.2. The number of hydrogen-bond donors (Lipinski definition) is 1. The second kappa shape index (κ2) is 6.58. The average Bonchev–Trinajstić information content (AvgIpc) is 2.48. The van der Waals surface area contributed by atoms with E-state index in [4.69, 9.17) is 0 Å². The third-order valence-corrected chi connectivity index (χ3v) is 3.76. The fourth-order valence-corrected chi connectivity index (χ4v) is 2.47. The summed E-state index contributed by atoms with van der Waals surface area (Å²) in [5, 5.41) is 10.2. The number of rotatable bonds is 5. The average molecular weight is 269 g/mol. The summed E-state index contributed by atoms with van der Waals surface area (Å²) in [4.78, 5) is 2.20. The first-order chi connectivity index (χ1) is 9.63. The lowest BCUT2D eigenvalue weighted by molar-refractivity contribution is 0.174. The number of aryl methyl sites for hydroxylation is 1. The second-order valence-corrected chi connectivity index (χ2v) is 5.27. The van der Waals surface area contributed by atoms with E-state index < -0.39 is 6.10 Å². The van der Waals surface area contributed by atoms with E-state index in [1.54, 1.807) is 0 Å². The maximum atomic E-state index is 10.2. The van der Waals surface area contributed by atoms with Crippen molar-refractivity contribution in [2.24, 2.45) is 0 Å². The first-order valence-electron chi connectivity index (χ1n) is 7.16. The molecule has 2 heteroatoms. The van der Waals surface area contributed by atoms with Gasteiger partial charge in [-0.05, 0) is 30.5 Å². The second-order valence-electron chi connectivity index (χ2n) is 5.27. The number of aliphatic hydroxyl groups excluding tert-OH is 1. The molecule has 2 aromatic rings. The van der Waals surface area contributed by atoms with Crippen LogP contribution in [0.5, 0.6) is 0 Å². The van der Waals surface area contributed by atoms with Crippen molar-refractivity contribution in [1.29, 1.82) is 0 Å². The maximum Gasteiger partial charge on any atom is 0.0807 e. The van der Waals surface area contributed by atoms with Gasteiger partial charge in [-0.15, -0.1) is 0 Å². The van der Waals surface area contributed by atoms with Crippen molar-refractivity contribution in [2.75, 3.05) is 11.9 Å². The van der Waals surface area contributed by atoms with E-state index in [9.17, 15) is 5.11 Å². The summed E-state index contributed by atoms with van der Waals surface area (Å²) in [6, 6.07) is 16.5. The van der Waals surface area contributed by atoms with Crippen LogP contribution in [0, 0.1) is 6.92 Å². The van der Waals surface area contributed by atoms with Crippen LogP contribution < -0.4 is 4.90 Å². The highest BCUT2D eigenvalue weighted by atomic mass is 16.3. The molecular weight excluding hydrogens is 246 g/mol. The van der Waals surface area contributed by atoms with Gasteiger partial charge in [0, 0.05) is 24.8 Å². The predicted octanol–water partition coefficient (Wildman–Crippen LogP) is 4.07. The number of nitrogens with zero attached hydrogens (tertiary/aromatic N) is 1. The molecule has 1 atom stereocenters. The number of aliphatic hydroxyl groups is 1. The Labute approximate surface area is 121 Å². The summed E-state index contributed by atoms with van der Waals surface area (Å²) in [6.07, 6.45) is 0.334. The zero-order chi connectivity index (χ0) is 14.5. The van der Waals surface area contributed by atoms with Crippen LogP contribution in [0.25, 0.3) is 0 Å². The van der Waals surface area contributed by atoms with Gasteiger partial charge < -0.3 is 10.0 Å². The number of anilines is 1. The van der Waals surface area contributed by atoms with E-state index >= 15 is 0 Å².